The third kappa shape index (κ3) is 6.02. The molecule has 3 rings (SSSR count). The molecule has 0 aromatic heterocycles. The fourth-order valence-electron chi connectivity index (χ4n) is 4.97. The van der Waals surface area contributed by atoms with Crippen LogP contribution in [0.3, 0.4) is 0 Å². The molecule has 2 heterocycles. The molecule has 174 valence electrons. The zero-order chi connectivity index (χ0) is 23.1. The lowest BCUT2D eigenvalue weighted by Crippen LogP contribution is -2.52. The third-order valence-corrected chi connectivity index (χ3v) is 6.99. The van der Waals surface area contributed by atoms with E-state index >= 15 is 0 Å². The van der Waals surface area contributed by atoms with E-state index in [0.717, 1.165) is 12.8 Å². The van der Waals surface area contributed by atoms with Gasteiger partial charge in [-0.3, -0.25) is 4.90 Å². The minimum atomic E-state index is 0.679. The molecule has 32 heavy (non-hydrogen) atoms. The van der Waals surface area contributed by atoms with Gasteiger partial charge in [-0.1, -0.05) is 44.7 Å². The Kier molecular flexibility index (Phi) is 8.95. The van der Waals surface area contributed by atoms with E-state index in [4.69, 9.17) is 0 Å². The van der Waals surface area contributed by atoms with Crippen LogP contribution < -0.4 is 0 Å². The minimum absolute atomic E-state index is 0.679. The molecular formula is C29H43N3. The molecular weight excluding hydrogens is 390 g/mol. The molecule has 0 spiro atoms. The van der Waals surface area contributed by atoms with Crippen LogP contribution in [0.5, 0.6) is 0 Å². The van der Waals surface area contributed by atoms with E-state index in [0.29, 0.717) is 6.04 Å². The highest BCUT2D eigenvalue weighted by atomic mass is 15.3. The summed E-state index contributed by atoms with van der Waals surface area (Å²) in [5.74, 6) is 0. The molecule has 3 nitrogen and oxygen atoms in total. The fraction of sp³-hybridized carbons (Fsp3) is 0.517. The van der Waals surface area contributed by atoms with Gasteiger partial charge in [-0.25, -0.2) is 0 Å². The smallest absolute Gasteiger partial charge is 0.0485 e. The maximum Gasteiger partial charge on any atom is 0.0485 e. The molecule has 2 aliphatic rings. The average Bonchev–Trinajstić information content (AvgIpc) is 2.79. The van der Waals surface area contributed by atoms with Crippen molar-refractivity contribution in [2.24, 2.45) is 0 Å². The van der Waals surface area contributed by atoms with Gasteiger partial charge in [-0.05, 0) is 87.0 Å². The van der Waals surface area contributed by atoms with Gasteiger partial charge in [0.15, 0.2) is 0 Å². The molecule has 0 radical (unpaired) electrons. The highest BCUT2D eigenvalue weighted by molar-refractivity contribution is 5.80. The lowest BCUT2D eigenvalue weighted by Gasteiger charge is -2.39. The van der Waals surface area contributed by atoms with E-state index < -0.39 is 0 Å². The standard InChI is InChI=1S/C29H43N3/c1-7-15-32-19-18-31(22-24(32)5)16-10-11-26-14-17-30(6)29(21-26)27(9-3)28-20-25(8-2)13-12-23(28)4/h9,12-14,17,20-21,24H,3,7-8,10-11,15-16,18-19,22H2,1-2,4-6H3/b29-27+. The average molecular weight is 434 g/mol. The summed E-state index contributed by atoms with van der Waals surface area (Å²) in [6.45, 7) is 19.3. The molecule has 0 bridgehead atoms. The summed E-state index contributed by atoms with van der Waals surface area (Å²) in [5, 5.41) is 0. The second-order valence-corrected chi connectivity index (χ2v) is 9.44. The zero-order valence-electron chi connectivity index (χ0n) is 21.0. The first-order valence-corrected chi connectivity index (χ1v) is 12.5. The fourth-order valence-corrected chi connectivity index (χ4v) is 4.97. The maximum absolute atomic E-state index is 4.17. The van der Waals surface area contributed by atoms with Crippen molar-refractivity contribution in [3.8, 4) is 0 Å². The summed E-state index contributed by atoms with van der Waals surface area (Å²) in [4.78, 5) is 7.52. The van der Waals surface area contributed by atoms with Crippen LogP contribution >= 0.6 is 0 Å². The SMILES string of the molecule is C=C/C(=C1/C=C(CCCN2CCN(CCC)C(C)C2)C=CN1C)c1cc(CC)ccc1C. The summed E-state index contributed by atoms with van der Waals surface area (Å²) >= 11 is 0. The van der Waals surface area contributed by atoms with E-state index in [-0.39, 0.29) is 0 Å². The molecule has 0 saturated carbocycles. The van der Waals surface area contributed by atoms with Gasteiger partial charge in [0.1, 0.15) is 0 Å². The van der Waals surface area contributed by atoms with Crippen molar-refractivity contribution >= 4 is 5.57 Å². The van der Waals surface area contributed by atoms with E-state index in [9.17, 15) is 0 Å². The van der Waals surface area contributed by atoms with Crippen LogP contribution in [-0.2, 0) is 6.42 Å². The van der Waals surface area contributed by atoms with Crippen LogP contribution in [0.15, 0.2) is 60.5 Å². The molecule has 0 amide bonds. The number of nitrogens with zero attached hydrogens (tertiary/aromatic N) is 3. The van der Waals surface area contributed by atoms with Gasteiger partial charge in [-0.2, -0.15) is 0 Å². The van der Waals surface area contributed by atoms with Crippen LogP contribution in [0.1, 0.15) is 56.7 Å². The second-order valence-electron chi connectivity index (χ2n) is 9.44. The lowest BCUT2D eigenvalue weighted by molar-refractivity contribution is 0.0830. The summed E-state index contributed by atoms with van der Waals surface area (Å²) in [5.41, 5.74) is 7.86. The monoisotopic (exact) mass is 433 g/mol. The van der Waals surface area contributed by atoms with Crippen LogP contribution in [0.2, 0.25) is 0 Å². The molecule has 1 aromatic rings. The topological polar surface area (TPSA) is 9.72 Å². The minimum Gasteiger partial charge on any atom is -0.351 e. The van der Waals surface area contributed by atoms with Gasteiger partial charge in [0.25, 0.3) is 0 Å². The van der Waals surface area contributed by atoms with Gasteiger partial charge >= 0.3 is 0 Å². The summed E-state index contributed by atoms with van der Waals surface area (Å²) in [6.07, 6.45) is 13.5. The zero-order valence-corrected chi connectivity index (χ0v) is 21.0. The summed E-state index contributed by atoms with van der Waals surface area (Å²) in [7, 11) is 2.14. The second kappa shape index (κ2) is 11.7. The summed E-state index contributed by atoms with van der Waals surface area (Å²) < 4.78 is 0. The molecule has 0 aliphatic carbocycles. The number of benzene rings is 1. The van der Waals surface area contributed by atoms with Crippen molar-refractivity contribution in [3.05, 3.63) is 77.2 Å². The van der Waals surface area contributed by atoms with Crippen LogP contribution in [0, 0.1) is 6.92 Å². The first kappa shape index (κ1) is 24.5. The number of piperazine rings is 1. The van der Waals surface area contributed by atoms with Crippen molar-refractivity contribution in [1.82, 2.24) is 14.7 Å². The van der Waals surface area contributed by atoms with Gasteiger partial charge in [0.05, 0.1) is 0 Å². The van der Waals surface area contributed by atoms with Crippen LogP contribution in [0.25, 0.3) is 5.57 Å². The molecule has 1 atom stereocenters. The normalized spacial score (nSPS) is 21.6. The first-order valence-electron chi connectivity index (χ1n) is 12.5. The highest BCUT2D eigenvalue weighted by Crippen LogP contribution is 2.30. The van der Waals surface area contributed by atoms with E-state index in [2.05, 4.69) is 92.6 Å². The first-order chi connectivity index (χ1) is 15.5. The Morgan fingerprint density at radius 3 is 2.69 bits per heavy atom. The Labute approximate surface area is 196 Å². The van der Waals surface area contributed by atoms with Crippen LogP contribution in [0.4, 0.5) is 0 Å². The predicted molar refractivity (Wildman–Crippen MR) is 140 cm³/mol. The van der Waals surface area contributed by atoms with E-state index in [1.165, 1.54) is 79.1 Å². The molecule has 1 saturated heterocycles. The van der Waals surface area contributed by atoms with Crippen molar-refractivity contribution < 1.29 is 0 Å². The van der Waals surface area contributed by atoms with E-state index in [1.54, 1.807) is 0 Å². The Hall–Kier alpha value is -2.10. The molecule has 3 heteroatoms. The Morgan fingerprint density at radius 1 is 1.19 bits per heavy atom. The molecule has 1 fully saturated rings. The van der Waals surface area contributed by atoms with Crippen molar-refractivity contribution in [1.29, 1.82) is 0 Å². The maximum atomic E-state index is 4.17. The van der Waals surface area contributed by atoms with Gasteiger partial charge in [0.2, 0.25) is 0 Å². The number of allylic oxidation sites excluding steroid dienone is 5. The van der Waals surface area contributed by atoms with Crippen molar-refractivity contribution in [2.45, 2.75) is 59.4 Å². The van der Waals surface area contributed by atoms with Gasteiger partial charge < -0.3 is 9.80 Å². The largest absolute Gasteiger partial charge is 0.351 e. The summed E-state index contributed by atoms with van der Waals surface area (Å²) in [6, 6.07) is 7.48. The molecule has 2 aliphatic heterocycles. The number of hydrogen-bond acceptors (Lipinski definition) is 3. The van der Waals surface area contributed by atoms with Crippen molar-refractivity contribution in [3.63, 3.8) is 0 Å². The Morgan fingerprint density at radius 2 is 2.00 bits per heavy atom. The number of rotatable bonds is 9. The number of hydrogen-bond donors (Lipinski definition) is 0. The Balaban J connectivity index is 1.68. The highest BCUT2D eigenvalue weighted by Gasteiger charge is 2.22. The number of aryl methyl sites for hydroxylation is 2. The van der Waals surface area contributed by atoms with Crippen molar-refractivity contribution in [2.75, 3.05) is 39.8 Å². The molecule has 1 aromatic carbocycles. The molecule has 1 unspecified atom stereocenters. The van der Waals surface area contributed by atoms with Gasteiger partial charge in [-0.15, -0.1) is 0 Å². The van der Waals surface area contributed by atoms with E-state index in [1.807, 2.05) is 6.08 Å². The predicted octanol–water partition coefficient (Wildman–Crippen LogP) is 6.04. The van der Waals surface area contributed by atoms with Crippen LogP contribution in [-0.4, -0.2) is 60.5 Å². The number of likely N-dealkylation sites (N-methyl/N-ethyl adjacent to an activating group) is 1. The molecule has 0 N–H and O–H groups in total. The third-order valence-electron chi connectivity index (χ3n) is 6.99. The van der Waals surface area contributed by atoms with Gasteiger partial charge in [0, 0.05) is 50.2 Å². The lowest BCUT2D eigenvalue weighted by atomic mass is 9.93. The quantitative estimate of drug-likeness (QED) is 0.470. The Bertz CT molecular complexity index is 876.